The van der Waals surface area contributed by atoms with Crippen molar-refractivity contribution in [2.45, 2.75) is 0 Å². The molecule has 0 unspecified atom stereocenters. The summed E-state index contributed by atoms with van der Waals surface area (Å²) in [5.74, 6) is 0.219. The van der Waals surface area contributed by atoms with Crippen LogP contribution in [0.2, 0.25) is 0 Å². The molecule has 0 aliphatic rings. The average Bonchev–Trinajstić information content (AvgIpc) is 2.16. The Morgan fingerprint density at radius 3 is 2.50 bits per heavy atom. The molecule has 0 aromatic heterocycles. The summed E-state index contributed by atoms with van der Waals surface area (Å²) in [6, 6.07) is 8.13. The Morgan fingerprint density at radius 2 is 1.93 bits per heavy atom. The third-order valence-electron chi connectivity index (χ3n) is 1.27. The smallest absolute Gasteiger partial charge is 0.362 e. The van der Waals surface area contributed by atoms with Crippen molar-refractivity contribution in [3.63, 3.8) is 0 Å². The zero-order chi connectivity index (χ0) is 10.4. The van der Waals surface area contributed by atoms with Gasteiger partial charge in [-0.05, 0) is 12.1 Å². The molecule has 4 nitrogen and oxygen atoms in total. The number of hydrogen-bond donors (Lipinski definition) is 0. The zero-order valence-electron chi connectivity index (χ0n) is 7.42. The van der Waals surface area contributed by atoms with Crippen LogP contribution in [0.4, 0.5) is 0 Å². The summed E-state index contributed by atoms with van der Waals surface area (Å²) in [6.07, 6.45) is 1.33. The Labute approximate surface area is 83.1 Å². The van der Waals surface area contributed by atoms with Gasteiger partial charge in [-0.2, -0.15) is 8.42 Å². The van der Waals surface area contributed by atoms with Crippen molar-refractivity contribution in [3.8, 4) is 5.75 Å². The summed E-state index contributed by atoms with van der Waals surface area (Å²) < 4.78 is 31.2. The number of para-hydroxylation sites is 1. The Kier molecular flexibility index (Phi) is 3.67. The fourth-order valence-electron chi connectivity index (χ4n) is 0.749. The fraction of sp³-hybridized carbons (Fsp3) is 0.111. The van der Waals surface area contributed by atoms with Gasteiger partial charge in [0.2, 0.25) is 0 Å². The number of benzene rings is 1. The summed E-state index contributed by atoms with van der Waals surface area (Å²) in [5, 5.41) is 0. The largest absolute Gasteiger partial charge is 0.449 e. The quantitative estimate of drug-likeness (QED) is 0.697. The minimum atomic E-state index is -3.97. The molecule has 0 spiro atoms. The maximum Gasteiger partial charge on any atom is 0.449 e. The average molecular weight is 214 g/mol. The Bertz CT molecular complexity index is 383. The minimum Gasteiger partial charge on any atom is -0.362 e. The lowest BCUT2D eigenvalue weighted by atomic mass is 10.3. The number of hydrogen-bond acceptors (Lipinski definition) is 4. The second kappa shape index (κ2) is 4.78. The Hall–Kier alpha value is -1.33. The van der Waals surface area contributed by atoms with E-state index < -0.39 is 10.4 Å². The van der Waals surface area contributed by atoms with Gasteiger partial charge in [-0.25, -0.2) is 4.18 Å². The van der Waals surface area contributed by atoms with Crippen molar-refractivity contribution in [2.75, 3.05) is 6.61 Å². The maximum atomic E-state index is 11.1. The lowest BCUT2D eigenvalue weighted by Crippen LogP contribution is -2.13. The summed E-state index contributed by atoms with van der Waals surface area (Å²) in [4.78, 5) is 0. The summed E-state index contributed by atoms with van der Waals surface area (Å²) in [6.45, 7) is 3.22. The van der Waals surface area contributed by atoms with Crippen molar-refractivity contribution < 1.29 is 16.8 Å². The first-order valence-electron chi connectivity index (χ1n) is 3.89. The van der Waals surface area contributed by atoms with E-state index in [0.29, 0.717) is 0 Å². The van der Waals surface area contributed by atoms with Crippen LogP contribution in [0.25, 0.3) is 0 Å². The molecule has 5 heteroatoms. The highest BCUT2D eigenvalue weighted by Gasteiger charge is 2.11. The molecule has 0 radical (unpaired) electrons. The second-order valence-electron chi connectivity index (χ2n) is 2.38. The van der Waals surface area contributed by atoms with Crippen molar-refractivity contribution >= 4 is 10.4 Å². The van der Waals surface area contributed by atoms with Crippen molar-refractivity contribution in [1.82, 2.24) is 0 Å². The molecule has 1 aromatic carbocycles. The van der Waals surface area contributed by atoms with Gasteiger partial charge in [0, 0.05) is 0 Å². The van der Waals surface area contributed by atoms with Crippen LogP contribution in [0, 0.1) is 0 Å². The Balaban J connectivity index is 2.64. The molecule has 0 fully saturated rings. The van der Waals surface area contributed by atoms with Gasteiger partial charge < -0.3 is 4.18 Å². The first-order chi connectivity index (χ1) is 6.64. The molecule has 1 rings (SSSR count). The molecule has 0 aliphatic carbocycles. The van der Waals surface area contributed by atoms with Gasteiger partial charge in [-0.1, -0.05) is 24.3 Å². The van der Waals surface area contributed by atoms with Crippen LogP contribution in [0.1, 0.15) is 0 Å². The monoisotopic (exact) mass is 214 g/mol. The van der Waals surface area contributed by atoms with Crippen LogP contribution in [-0.4, -0.2) is 15.0 Å². The van der Waals surface area contributed by atoms with E-state index in [2.05, 4.69) is 14.9 Å². The van der Waals surface area contributed by atoms with Gasteiger partial charge in [0.05, 0.1) is 6.61 Å². The highest BCUT2D eigenvalue weighted by atomic mass is 32.3. The molecule has 0 saturated heterocycles. The van der Waals surface area contributed by atoms with E-state index in [1.54, 1.807) is 18.2 Å². The van der Waals surface area contributed by atoms with Gasteiger partial charge in [0.25, 0.3) is 0 Å². The van der Waals surface area contributed by atoms with Crippen LogP contribution < -0.4 is 4.18 Å². The van der Waals surface area contributed by atoms with Gasteiger partial charge in [0.15, 0.2) is 0 Å². The molecule has 1 aromatic rings. The molecule has 76 valence electrons. The molecule has 0 N–H and O–H groups in total. The third kappa shape index (κ3) is 3.59. The van der Waals surface area contributed by atoms with E-state index in [0.717, 1.165) is 0 Å². The van der Waals surface area contributed by atoms with E-state index in [9.17, 15) is 8.42 Å². The third-order valence-corrected chi connectivity index (χ3v) is 2.09. The first-order valence-corrected chi connectivity index (χ1v) is 5.22. The molecule has 0 atom stereocenters. The van der Waals surface area contributed by atoms with Crippen LogP contribution in [0.15, 0.2) is 43.0 Å². The summed E-state index contributed by atoms with van der Waals surface area (Å²) in [5.41, 5.74) is 0. The highest BCUT2D eigenvalue weighted by molar-refractivity contribution is 7.82. The zero-order valence-corrected chi connectivity index (χ0v) is 8.24. The van der Waals surface area contributed by atoms with Crippen LogP contribution in [0.5, 0.6) is 5.75 Å². The Morgan fingerprint density at radius 1 is 1.29 bits per heavy atom. The lowest BCUT2D eigenvalue weighted by molar-refractivity contribution is 0.302. The molecule has 0 saturated carbocycles. The molecular formula is C9H10O4S. The normalized spacial score (nSPS) is 10.9. The predicted octanol–water partition coefficient (Wildman–Crippen LogP) is 1.51. The van der Waals surface area contributed by atoms with E-state index in [4.69, 9.17) is 0 Å². The first kappa shape index (κ1) is 10.7. The van der Waals surface area contributed by atoms with Crippen LogP contribution in [0.3, 0.4) is 0 Å². The molecule has 0 heterocycles. The van der Waals surface area contributed by atoms with Gasteiger partial charge >= 0.3 is 10.4 Å². The fourth-order valence-corrected chi connectivity index (χ4v) is 1.41. The van der Waals surface area contributed by atoms with Crippen LogP contribution >= 0.6 is 0 Å². The molecule has 14 heavy (non-hydrogen) atoms. The van der Waals surface area contributed by atoms with E-state index in [-0.39, 0.29) is 12.4 Å². The van der Waals surface area contributed by atoms with Crippen molar-refractivity contribution in [2.24, 2.45) is 0 Å². The maximum absolute atomic E-state index is 11.1. The molecule has 0 bridgehead atoms. The molecular weight excluding hydrogens is 204 g/mol. The second-order valence-corrected chi connectivity index (χ2v) is 3.60. The lowest BCUT2D eigenvalue weighted by Gasteiger charge is -2.04. The number of rotatable bonds is 5. The summed E-state index contributed by atoms with van der Waals surface area (Å²) >= 11 is 0. The standard InChI is InChI=1S/C9H10O4S/c1-2-8-12-14(10,11)13-9-6-4-3-5-7-9/h2-7H,1,8H2. The minimum absolute atomic E-state index is 0.102. The van der Waals surface area contributed by atoms with Crippen molar-refractivity contribution in [3.05, 3.63) is 43.0 Å². The van der Waals surface area contributed by atoms with E-state index >= 15 is 0 Å². The van der Waals surface area contributed by atoms with Crippen molar-refractivity contribution in [1.29, 1.82) is 0 Å². The van der Waals surface area contributed by atoms with E-state index in [1.807, 2.05) is 0 Å². The molecule has 0 aliphatic heterocycles. The summed E-state index contributed by atoms with van der Waals surface area (Å²) in [7, 11) is -3.97. The topological polar surface area (TPSA) is 52.6 Å². The van der Waals surface area contributed by atoms with Gasteiger partial charge in [-0.15, -0.1) is 6.58 Å². The SMILES string of the molecule is C=CCOS(=O)(=O)Oc1ccccc1. The van der Waals surface area contributed by atoms with Gasteiger partial charge in [0.1, 0.15) is 5.75 Å². The van der Waals surface area contributed by atoms with Crippen LogP contribution in [-0.2, 0) is 14.6 Å². The highest BCUT2D eigenvalue weighted by Crippen LogP contribution is 2.11. The predicted molar refractivity (Wildman–Crippen MR) is 52.1 cm³/mol. The van der Waals surface area contributed by atoms with Gasteiger partial charge in [-0.3, -0.25) is 0 Å². The van der Waals surface area contributed by atoms with E-state index in [1.165, 1.54) is 18.2 Å². The molecule has 0 amide bonds.